The normalized spacial score (nSPS) is 4.38. The van der Waals surface area contributed by atoms with E-state index in [0.29, 0.717) is 0 Å². The van der Waals surface area contributed by atoms with E-state index in [-0.39, 0.29) is 22.4 Å². The molecule has 0 atom stereocenters. The van der Waals surface area contributed by atoms with E-state index in [1.54, 1.807) is 0 Å². The van der Waals surface area contributed by atoms with Gasteiger partial charge in [-0.05, 0) is 0 Å². The molecule has 6 heteroatoms. The topological polar surface area (TPSA) is 37.3 Å². The van der Waals surface area contributed by atoms with Crippen LogP contribution in [0.2, 0.25) is 0 Å². The minimum absolute atomic E-state index is 0. The summed E-state index contributed by atoms with van der Waals surface area (Å²) in [7, 11) is 9.90. The quantitative estimate of drug-likeness (QED) is 0.688. The zero-order valence-corrected chi connectivity index (χ0v) is 10.1. The van der Waals surface area contributed by atoms with E-state index in [1.165, 1.54) is 0 Å². The van der Waals surface area contributed by atoms with Gasteiger partial charge in [-0.3, -0.25) is 4.79 Å². The van der Waals surface area contributed by atoms with Crippen molar-refractivity contribution >= 4 is 25.4 Å². The molecule has 0 aliphatic carbocycles. The average Bonchev–Trinajstić information content (AvgIpc) is 1.33. The van der Waals surface area contributed by atoms with Crippen LogP contribution in [0.1, 0.15) is 6.92 Å². The van der Waals surface area contributed by atoms with Crippen LogP contribution in [0.15, 0.2) is 0 Å². The standard InChI is InChI=1S/C2H4O2.Ag.2ClH.Zn/c1-2(3)4;;;;/h1H3,(H,3,4);;2*1H;/q;;;;+2/p-2. The van der Waals surface area contributed by atoms with Crippen LogP contribution in [-0.4, -0.2) is 11.1 Å². The van der Waals surface area contributed by atoms with Gasteiger partial charge in [-0.1, -0.05) is 0 Å². The van der Waals surface area contributed by atoms with Crippen LogP contribution in [0.4, 0.5) is 0 Å². The Balaban J connectivity index is -0.0000000575. The zero-order valence-electron chi connectivity index (χ0n) is 4.12. The van der Waals surface area contributed by atoms with Crippen molar-refractivity contribution in [2.45, 2.75) is 6.92 Å². The summed E-state index contributed by atoms with van der Waals surface area (Å²) in [6.45, 7) is 1.08. The van der Waals surface area contributed by atoms with Gasteiger partial charge in [0.25, 0.3) is 5.97 Å². The van der Waals surface area contributed by atoms with Gasteiger partial charge in [0.1, 0.15) is 0 Å². The Morgan fingerprint density at radius 1 is 1.62 bits per heavy atom. The van der Waals surface area contributed by atoms with Crippen molar-refractivity contribution in [3.63, 3.8) is 0 Å². The van der Waals surface area contributed by atoms with E-state index in [1.807, 2.05) is 0 Å². The zero-order chi connectivity index (χ0) is 6.28. The summed E-state index contributed by atoms with van der Waals surface area (Å²) < 4.78 is 0. The Morgan fingerprint density at radius 2 is 1.62 bits per heavy atom. The Hall–Kier alpha value is 1.41. The summed E-state index contributed by atoms with van der Waals surface area (Å²) in [5.41, 5.74) is 0. The first-order chi connectivity index (χ1) is 3.15. The van der Waals surface area contributed by atoms with Crippen LogP contribution in [0.25, 0.3) is 0 Å². The predicted octanol–water partition coefficient (Wildman–Crippen LogP) is 1.46. The number of carbonyl (C=O) groups is 1. The van der Waals surface area contributed by atoms with Crippen molar-refractivity contribution < 1.29 is 47.4 Å². The third-order valence-corrected chi connectivity index (χ3v) is 0. The van der Waals surface area contributed by atoms with Gasteiger partial charge < -0.3 is 5.11 Å². The molecule has 0 aromatic heterocycles. The van der Waals surface area contributed by atoms with Crippen LogP contribution in [0, 0.1) is 0 Å². The molecular formula is C2H4AgCl2O2Zn. The third-order valence-electron chi connectivity index (χ3n) is 0. The molecule has 8 heavy (non-hydrogen) atoms. The molecule has 0 aromatic carbocycles. The number of rotatable bonds is 0. The Labute approximate surface area is 79.1 Å². The Bertz CT molecular complexity index is 49.3. The second-order valence-corrected chi connectivity index (χ2v) is 5.24. The molecule has 0 amide bonds. The molecule has 0 aromatic rings. The molecule has 0 saturated carbocycles. The summed E-state index contributed by atoms with van der Waals surface area (Å²) in [4.78, 5) is 9.00. The van der Waals surface area contributed by atoms with Crippen molar-refractivity contribution in [2.75, 3.05) is 0 Å². The maximum absolute atomic E-state index is 9.00. The van der Waals surface area contributed by atoms with E-state index < -0.39 is 21.1 Å². The van der Waals surface area contributed by atoms with Gasteiger partial charge in [0.15, 0.2) is 0 Å². The fraction of sp³-hybridized carbons (Fsp3) is 0.500. The number of hydrogen-bond donors (Lipinski definition) is 1. The van der Waals surface area contributed by atoms with Gasteiger partial charge in [-0.2, -0.15) is 0 Å². The molecular weight excluding hydrogens is 300 g/mol. The number of hydrogen-bond acceptors (Lipinski definition) is 1. The molecule has 0 aliphatic rings. The van der Waals surface area contributed by atoms with Crippen LogP contribution in [0.5, 0.6) is 0 Å². The SMILES string of the molecule is CC(=O)O.[Ag].[Cl][Zn][Cl]. The Morgan fingerprint density at radius 3 is 1.62 bits per heavy atom. The average molecular weight is 304 g/mol. The van der Waals surface area contributed by atoms with Crippen LogP contribution < -0.4 is 0 Å². The molecule has 0 rings (SSSR count). The molecule has 1 radical (unpaired) electrons. The van der Waals surface area contributed by atoms with Crippen molar-refractivity contribution in [1.29, 1.82) is 0 Å². The molecule has 51 valence electrons. The summed E-state index contributed by atoms with van der Waals surface area (Å²) >= 11 is -0.931. The van der Waals surface area contributed by atoms with Crippen LogP contribution >= 0.6 is 19.4 Å². The number of carboxylic acid groups (broad SMARTS) is 1. The monoisotopic (exact) mass is 301 g/mol. The molecule has 0 saturated heterocycles. The Kier molecular flexibility index (Phi) is 32.0. The minimum atomic E-state index is -0.931. The molecule has 0 fully saturated rings. The molecule has 2 nitrogen and oxygen atoms in total. The second-order valence-electron chi connectivity index (χ2n) is 0.620. The van der Waals surface area contributed by atoms with Crippen molar-refractivity contribution in [1.82, 2.24) is 0 Å². The van der Waals surface area contributed by atoms with Gasteiger partial charge in [0, 0.05) is 29.3 Å². The van der Waals surface area contributed by atoms with Crippen molar-refractivity contribution in [3.8, 4) is 0 Å². The van der Waals surface area contributed by atoms with Gasteiger partial charge in [0.05, 0.1) is 0 Å². The summed E-state index contributed by atoms with van der Waals surface area (Å²) in [6, 6.07) is 0. The fourth-order valence-electron chi connectivity index (χ4n) is 0. The predicted molar refractivity (Wildman–Crippen MR) is 25.0 cm³/mol. The third kappa shape index (κ3) is 153. The van der Waals surface area contributed by atoms with E-state index in [2.05, 4.69) is 0 Å². The van der Waals surface area contributed by atoms with E-state index in [9.17, 15) is 0 Å². The number of aliphatic carboxylic acids is 1. The first-order valence-corrected chi connectivity index (χ1v) is 9.26. The molecule has 0 spiro atoms. The van der Waals surface area contributed by atoms with E-state index >= 15 is 0 Å². The van der Waals surface area contributed by atoms with Crippen molar-refractivity contribution in [3.05, 3.63) is 0 Å². The van der Waals surface area contributed by atoms with Gasteiger partial charge in [0.2, 0.25) is 0 Å². The summed E-state index contributed by atoms with van der Waals surface area (Å²) in [6.07, 6.45) is 0. The maximum atomic E-state index is 9.00. The molecule has 0 heterocycles. The first-order valence-electron chi connectivity index (χ1n) is 1.46. The molecule has 0 bridgehead atoms. The molecule has 0 unspecified atom stereocenters. The summed E-state index contributed by atoms with van der Waals surface area (Å²) in [5, 5.41) is 7.42. The summed E-state index contributed by atoms with van der Waals surface area (Å²) in [5.74, 6) is -0.833. The van der Waals surface area contributed by atoms with E-state index in [4.69, 9.17) is 29.3 Å². The fourth-order valence-corrected chi connectivity index (χ4v) is 0. The van der Waals surface area contributed by atoms with Gasteiger partial charge >= 0.3 is 34.5 Å². The van der Waals surface area contributed by atoms with Gasteiger partial charge in [-0.15, -0.1) is 0 Å². The van der Waals surface area contributed by atoms with Crippen LogP contribution in [0.3, 0.4) is 0 Å². The van der Waals surface area contributed by atoms with E-state index in [0.717, 1.165) is 6.92 Å². The van der Waals surface area contributed by atoms with Crippen molar-refractivity contribution in [2.24, 2.45) is 0 Å². The van der Waals surface area contributed by atoms with Gasteiger partial charge in [-0.25, -0.2) is 0 Å². The first kappa shape index (κ1) is 16.2. The second kappa shape index (κ2) is 15.8. The number of halogens is 2. The number of carboxylic acids is 1. The molecule has 0 aliphatic heterocycles. The molecule has 1 N–H and O–H groups in total. The van der Waals surface area contributed by atoms with Crippen LogP contribution in [-0.2, 0) is 42.3 Å².